The summed E-state index contributed by atoms with van der Waals surface area (Å²) in [6, 6.07) is 0. The van der Waals surface area contributed by atoms with Crippen LogP contribution in [0.1, 0.15) is 70.6 Å². The van der Waals surface area contributed by atoms with Gasteiger partial charge in [0.25, 0.3) is 0 Å². The highest BCUT2D eigenvalue weighted by Gasteiger charge is 2.59. The maximum atomic E-state index is 11.8. The minimum atomic E-state index is -4.99. The van der Waals surface area contributed by atoms with Gasteiger partial charge in [-0.2, -0.15) is 0 Å². The van der Waals surface area contributed by atoms with E-state index in [0.717, 1.165) is 44.9 Å². The molecule has 132 valence electrons. The maximum absolute atomic E-state index is 11.8. The summed E-state index contributed by atoms with van der Waals surface area (Å²) in [6.07, 6.45) is 9.00. The topological polar surface area (TPSA) is 127 Å². The Morgan fingerprint density at radius 1 is 0.636 bits per heavy atom. The summed E-state index contributed by atoms with van der Waals surface area (Å²) in [5, 5.41) is 0.114. The molecule has 0 amide bonds. The van der Waals surface area contributed by atoms with Gasteiger partial charge >= 0.3 is 15.2 Å². The van der Waals surface area contributed by atoms with E-state index in [0.29, 0.717) is 12.8 Å². The summed E-state index contributed by atoms with van der Waals surface area (Å²) in [5.74, 6) is 0. The van der Waals surface area contributed by atoms with E-state index in [1.54, 1.807) is 0 Å². The molecule has 0 bridgehead atoms. The summed E-state index contributed by atoms with van der Waals surface area (Å²) >= 11 is 0. The normalized spacial score (nSPS) is 23.6. The quantitative estimate of drug-likeness (QED) is 0.481. The summed E-state index contributed by atoms with van der Waals surface area (Å²) in [5.41, 5.74) is 0. The molecule has 0 radical (unpaired) electrons. The number of nitrogens with one attached hydrogen (secondary N) is 1. The first-order valence-corrected chi connectivity index (χ1v) is 11.3. The molecule has 9 heteroatoms. The van der Waals surface area contributed by atoms with E-state index in [-0.39, 0.29) is 13.0 Å². The van der Waals surface area contributed by atoms with Gasteiger partial charge in [-0.1, -0.05) is 57.8 Å². The summed E-state index contributed by atoms with van der Waals surface area (Å²) in [4.78, 5) is 38.4. The molecule has 1 aliphatic rings. The monoisotopic (exact) mass is 357 g/mol. The highest BCUT2D eigenvalue weighted by Crippen LogP contribution is 2.69. The van der Waals surface area contributed by atoms with Crippen LogP contribution in [0, 0.1) is 0 Å². The van der Waals surface area contributed by atoms with Gasteiger partial charge < -0.3 is 19.6 Å². The van der Waals surface area contributed by atoms with Crippen LogP contribution >= 0.6 is 15.2 Å². The van der Waals surface area contributed by atoms with Gasteiger partial charge in [0.1, 0.15) is 0 Å². The fraction of sp³-hybridized carbons (Fsp3) is 1.00. The van der Waals surface area contributed by atoms with Crippen LogP contribution in [0.4, 0.5) is 0 Å². The smallest absolute Gasteiger partial charge is 0.323 e. The largest absolute Gasteiger partial charge is 0.357 e. The predicted molar refractivity (Wildman–Crippen MR) is 85.6 cm³/mol. The Balaban J connectivity index is 2.88. The molecule has 1 heterocycles. The Labute approximate surface area is 132 Å². The molecule has 1 rings (SSSR count). The van der Waals surface area contributed by atoms with Crippen molar-refractivity contribution < 1.29 is 28.7 Å². The van der Waals surface area contributed by atoms with Gasteiger partial charge in [-0.25, -0.2) is 0 Å². The van der Waals surface area contributed by atoms with E-state index in [1.165, 1.54) is 6.42 Å². The Morgan fingerprint density at radius 3 is 1.41 bits per heavy atom. The van der Waals surface area contributed by atoms with Crippen LogP contribution < -0.4 is 5.32 Å². The van der Waals surface area contributed by atoms with E-state index in [2.05, 4.69) is 5.32 Å². The minimum Gasteiger partial charge on any atom is -0.323 e. The average Bonchev–Trinajstić information content (AvgIpc) is 2.38. The van der Waals surface area contributed by atoms with E-state index >= 15 is 0 Å². The van der Waals surface area contributed by atoms with Crippen molar-refractivity contribution in [3.8, 4) is 0 Å². The van der Waals surface area contributed by atoms with Crippen molar-refractivity contribution in [1.29, 1.82) is 0 Å². The third-order valence-corrected chi connectivity index (χ3v) is 8.58. The van der Waals surface area contributed by atoms with Gasteiger partial charge in [0.05, 0.1) is 0 Å². The van der Waals surface area contributed by atoms with Crippen LogP contribution in [0.3, 0.4) is 0 Å². The zero-order valence-corrected chi connectivity index (χ0v) is 14.8. The van der Waals surface area contributed by atoms with Gasteiger partial charge in [0, 0.05) is 0 Å². The van der Waals surface area contributed by atoms with Crippen LogP contribution in [-0.2, 0) is 9.13 Å². The fourth-order valence-electron chi connectivity index (χ4n) is 2.95. The molecule has 0 unspecified atom stereocenters. The molecule has 1 aliphatic heterocycles. The average molecular weight is 357 g/mol. The molecule has 7 nitrogen and oxygen atoms in total. The van der Waals surface area contributed by atoms with Crippen LogP contribution in [0.2, 0.25) is 0 Å². The van der Waals surface area contributed by atoms with Crippen molar-refractivity contribution >= 4 is 15.2 Å². The second-order valence-electron chi connectivity index (χ2n) is 6.12. The molecule has 0 saturated carbocycles. The van der Waals surface area contributed by atoms with E-state index in [1.807, 2.05) is 0 Å². The maximum Gasteiger partial charge on any atom is 0.357 e. The van der Waals surface area contributed by atoms with Gasteiger partial charge in [-0.05, 0) is 19.4 Å². The van der Waals surface area contributed by atoms with E-state index in [4.69, 9.17) is 0 Å². The summed E-state index contributed by atoms with van der Waals surface area (Å²) in [6.45, 7) is 0.205. The highest BCUT2D eigenvalue weighted by molar-refractivity contribution is 7.72. The lowest BCUT2D eigenvalue weighted by molar-refractivity contribution is 0.275. The molecular weight excluding hydrogens is 328 g/mol. The van der Waals surface area contributed by atoms with Crippen LogP contribution in [0.15, 0.2) is 0 Å². The van der Waals surface area contributed by atoms with Crippen molar-refractivity contribution in [3.05, 3.63) is 0 Å². The Kier molecular flexibility index (Phi) is 8.24. The van der Waals surface area contributed by atoms with Crippen LogP contribution in [0.25, 0.3) is 0 Å². The highest BCUT2D eigenvalue weighted by atomic mass is 31.2. The molecule has 0 aromatic rings. The van der Waals surface area contributed by atoms with Gasteiger partial charge in [-0.3, -0.25) is 14.4 Å². The SMILES string of the molecule is O=P(O)(O)C1(P(=O)(O)O)CCCCCCCCCCCCN1. The van der Waals surface area contributed by atoms with Crippen molar-refractivity contribution in [2.45, 2.75) is 75.7 Å². The first-order chi connectivity index (χ1) is 10.2. The molecular formula is C13H29NO6P2. The van der Waals surface area contributed by atoms with Gasteiger partial charge in [-0.15, -0.1) is 0 Å². The standard InChI is InChI=1S/C13H29NO6P2/c15-21(16,17)13(22(18,19)20)11-9-7-5-3-1-2-4-6-8-10-12-14-13/h14H,1-12H2,(H2,15,16,17)(H2,18,19,20). The van der Waals surface area contributed by atoms with Crippen LogP contribution in [0.5, 0.6) is 0 Å². The molecule has 0 aliphatic carbocycles. The lowest BCUT2D eigenvalue weighted by Gasteiger charge is -2.35. The second kappa shape index (κ2) is 8.93. The summed E-state index contributed by atoms with van der Waals surface area (Å²) < 4.78 is 23.7. The van der Waals surface area contributed by atoms with Gasteiger partial charge in [0.2, 0.25) is 5.02 Å². The molecule has 5 N–H and O–H groups in total. The first-order valence-electron chi connectivity index (χ1n) is 8.07. The first kappa shape index (κ1) is 20.3. The summed E-state index contributed by atoms with van der Waals surface area (Å²) in [7, 11) is -9.99. The van der Waals surface area contributed by atoms with Crippen molar-refractivity contribution in [3.63, 3.8) is 0 Å². The zero-order chi connectivity index (χ0) is 16.7. The third-order valence-electron chi connectivity index (χ3n) is 4.32. The Morgan fingerprint density at radius 2 is 1.00 bits per heavy atom. The van der Waals surface area contributed by atoms with E-state index in [9.17, 15) is 28.7 Å². The lowest BCUT2D eigenvalue weighted by Crippen LogP contribution is -2.45. The van der Waals surface area contributed by atoms with Crippen molar-refractivity contribution in [1.82, 2.24) is 5.32 Å². The van der Waals surface area contributed by atoms with Crippen LogP contribution in [-0.4, -0.2) is 31.1 Å². The molecule has 0 aromatic heterocycles. The molecule has 0 atom stereocenters. The Hall–Kier alpha value is 0.260. The lowest BCUT2D eigenvalue weighted by atomic mass is 10.0. The van der Waals surface area contributed by atoms with Crippen molar-refractivity contribution in [2.75, 3.05) is 6.54 Å². The zero-order valence-electron chi connectivity index (χ0n) is 13.0. The predicted octanol–water partition coefficient (Wildman–Crippen LogP) is 2.89. The number of hydrogen-bond donors (Lipinski definition) is 5. The molecule has 0 spiro atoms. The number of rotatable bonds is 2. The van der Waals surface area contributed by atoms with E-state index < -0.39 is 20.2 Å². The molecule has 1 saturated heterocycles. The fourth-order valence-corrected chi connectivity index (χ4v) is 5.85. The molecule has 0 aromatic carbocycles. The second-order valence-corrected chi connectivity index (χ2v) is 10.2. The third kappa shape index (κ3) is 5.72. The minimum absolute atomic E-state index is 0.205. The molecule has 22 heavy (non-hydrogen) atoms. The molecule has 1 fully saturated rings. The van der Waals surface area contributed by atoms with Crippen molar-refractivity contribution in [2.24, 2.45) is 0 Å². The Bertz CT molecular complexity index is 381. The van der Waals surface area contributed by atoms with Gasteiger partial charge in [0.15, 0.2) is 0 Å². The number of hydrogen-bond acceptors (Lipinski definition) is 3.